The van der Waals surface area contributed by atoms with Gasteiger partial charge in [0.05, 0.1) is 15.2 Å². The maximum atomic E-state index is 5.76. The van der Waals surface area contributed by atoms with Crippen LogP contribution in [0, 0.1) is 6.92 Å². The lowest BCUT2D eigenvalue weighted by molar-refractivity contribution is 0.413. The minimum absolute atomic E-state index is 1.01. The van der Waals surface area contributed by atoms with Crippen LogP contribution >= 0.6 is 0 Å². The van der Waals surface area contributed by atoms with E-state index in [1.807, 2.05) is 0 Å². The molecule has 0 saturated carbocycles. The summed E-state index contributed by atoms with van der Waals surface area (Å²) in [6.07, 6.45) is 8.69. The molecule has 0 N–H and O–H groups in total. The SMILES string of the molecule is COc1c(CC2=CC=CC2)cc(C)cc1[Si](C)(C)C. The zero-order valence-electron chi connectivity index (χ0n) is 12.7. The summed E-state index contributed by atoms with van der Waals surface area (Å²) in [6, 6.07) is 4.59. The summed E-state index contributed by atoms with van der Waals surface area (Å²) in [5.41, 5.74) is 4.17. The van der Waals surface area contributed by atoms with Gasteiger partial charge in [0.1, 0.15) is 5.75 Å². The summed E-state index contributed by atoms with van der Waals surface area (Å²) in [6.45, 7) is 9.33. The molecular formula is C17H24OSi. The average Bonchev–Trinajstić information content (AvgIpc) is 2.80. The first-order valence-electron chi connectivity index (χ1n) is 6.94. The third kappa shape index (κ3) is 3.18. The molecule has 0 amide bonds. The topological polar surface area (TPSA) is 9.23 Å². The van der Waals surface area contributed by atoms with Gasteiger partial charge in [-0.25, -0.2) is 0 Å². The lowest BCUT2D eigenvalue weighted by Crippen LogP contribution is -2.39. The standard InChI is InChI=1S/C17H24OSi/c1-13-10-15(12-14-8-6-7-9-14)17(18-2)16(11-13)19(3,4)5/h6-8,10-11H,9,12H2,1-5H3. The van der Waals surface area contributed by atoms with Crippen molar-refractivity contribution < 1.29 is 4.74 Å². The maximum Gasteiger partial charge on any atom is 0.121 e. The fraction of sp³-hybridized carbons (Fsp3) is 0.412. The Kier molecular flexibility index (Phi) is 4.00. The van der Waals surface area contributed by atoms with Crippen LogP contribution < -0.4 is 9.92 Å². The smallest absolute Gasteiger partial charge is 0.121 e. The Morgan fingerprint density at radius 2 is 1.95 bits per heavy atom. The molecule has 19 heavy (non-hydrogen) atoms. The van der Waals surface area contributed by atoms with Crippen molar-refractivity contribution in [3.8, 4) is 5.75 Å². The van der Waals surface area contributed by atoms with E-state index in [9.17, 15) is 0 Å². The van der Waals surface area contributed by atoms with Gasteiger partial charge in [-0.15, -0.1) is 0 Å². The molecule has 102 valence electrons. The number of rotatable bonds is 4. The highest BCUT2D eigenvalue weighted by Gasteiger charge is 2.23. The molecule has 0 heterocycles. The van der Waals surface area contributed by atoms with E-state index in [1.54, 1.807) is 7.11 Å². The normalized spacial score (nSPS) is 14.7. The molecule has 1 aromatic carbocycles. The van der Waals surface area contributed by atoms with Gasteiger partial charge >= 0.3 is 0 Å². The van der Waals surface area contributed by atoms with Crippen LogP contribution in [0.25, 0.3) is 0 Å². The lowest BCUT2D eigenvalue weighted by atomic mass is 10.0. The Morgan fingerprint density at radius 1 is 1.21 bits per heavy atom. The van der Waals surface area contributed by atoms with Crippen molar-refractivity contribution in [2.45, 2.75) is 39.4 Å². The number of allylic oxidation sites excluding steroid dienone is 4. The third-order valence-corrected chi connectivity index (χ3v) is 5.58. The number of methoxy groups -OCH3 is 1. The van der Waals surface area contributed by atoms with Crippen molar-refractivity contribution in [1.29, 1.82) is 0 Å². The maximum absolute atomic E-state index is 5.76. The molecule has 0 aliphatic heterocycles. The molecule has 0 radical (unpaired) electrons. The fourth-order valence-electron chi connectivity index (χ4n) is 2.64. The van der Waals surface area contributed by atoms with Crippen molar-refractivity contribution in [2.75, 3.05) is 7.11 Å². The van der Waals surface area contributed by atoms with Gasteiger partial charge in [-0.3, -0.25) is 0 Å². The monoisotopic (exact) mass is 272 g/mol. The number of benzene rings is 1. The molecule has 0 fully saturated rings. The molecule has 0 bridgehead atoms. The van der Waals surface area contributed by atoms with Crippen LogP contribution in [-0.4, -0.2) is 15.2 Å². The Hall–Kier alpha value is -1.28. The largest absolute Gasteiger partial charge is 0.497 e. The summed E-state index contributed by atoms with van der Waals surface area (Å²) >= 11 is 0. The molecule has 0 spiro atoms. The van der Waals surface area contributed by atoms with Gasteiger partial charge in [0.25, 0.3) is 0 Å². The average molecular weight is 272 g/mol. The Balaban J connectivity index is 2.44. The summed E-state index contributed by atoms with van der Waals surface area (Å²) in [4.78, 5) is 0. The molecule has 1 aromatic rings. The van der Waals surface area contributed by atoms with Crippen molar-refractivity contribution in [1.82, 2.24) is 0 Å². The first kappa shape index (κ1) is 14.1. The minimum Gasteiger partial charge on any atom is -0.497 e. The zero-order chi connectivity index (χ0) is 14.0. The zero-order valence-corrected chi connectivity index (χ0v) is 13.7. The van der Waals surface area contributed by atoms with E-state index >= 15 is 0 Å². The molecule has 0 atom stereocenters. The van der Waals surface area contributed by atoms with Crippen LogP contribution in [0.4, 0.5) is 0 Å². The second-order valence-corrected chi connectivity index (χ2v) is 11.4. The van der Waals surface area contributed by atoms with E-state index < -0.39 is 8.07 Å². The van der Waals surface area contributed by atoms with E-state index in [-0.39, 0.29) is 0 Å². The molecule has 1 aliphatic carbocycles. The van der Waals surface area contributed by atoms with E-state index in [0.29, 0.717) is 0 Å². The molecule has 0 unspecified atom stereocenters. The third-order valence-electron chi connectivity index (χ3n) is 3.59. The summed E-state index contributed by atoms with van der Waals surface area (Å²) in [5.74, 6) is 1.12. The predicted molar refractivity (Wildman–Crippen MR) is 86.3 cm³/mol. The molecule has 0 saturated heterocycles. The molecule has 1 nitrogen and oxygen atoms in total. The fourth-order valence-corrected chi connectivity index (χ4v) is 4.25. The van der Waals surface area contributed by atoms with Crippen molar-refractivity contribution in [3.63, 3.8) is 0 Å². The molecule has 2 heteroatoms. The van der Waals surface area contributed by atoms with Crippen LogP contribution in [-0.2, 0) is 6.42 Å². The number of hydrogen-bond acceptors (Lipinski definition) is 1. The highest BCUT2D eigenvalue weighted by atomic mass is 28.3. The van der Waals surface area contributed by atoms with Gasteiger partial charge in [0.15, 0.2) is 0 Å². The molecular weight excluding hydrogens is 248 g/mol. The van der Waals surface area contributed by atoms with Crippen LogP contribution in [0.2, 0.25) is 19.6 Å². The van der Waals surface area contributed by atoms with Crippen LogP contribution in [0.3, 0.4) is 0 Å². The van der Waals surface area contributed by atoms with E-state index in [0.717, 1.165) is 18.6 Å². The van der Waals surface area contributed by atoms with Crippen LogP contribution in [0.5, 0.6) is 5.75 Å². The van der Waals surface area contributed by atoms with Crippen LogP contribution in [0.15, 0.2) is 35.9 Å². The van der Waals surface area contributed by atoms with E-state index in [4.69, 9.17) is 4.74 Å². The number of hydrogen-bond donors (Lipinski definition) is 0. The van der Waals surface area contributed by atoms with Gasteiger partial charge in [0, 0.05) is 0 Å². The van der Waals surface area contributed by atoms with Gasteiger partial charge in [-0.2, -0.15) is 0 Å². The second kappa shape index (κ2) is 5.38. The van der Waals surface area contributed by atoms with Crippen molar-refractivity contribution >= 4 is 13.3 Å². The highest BCUT2D eigenvalue weighted by molar-refractivity contribution is 6.89. The second-order valence-electron chi connectivity index (χ2n) is 6.39. The van der Waals surface area contributed by atoms with E-state index in [2.05, 4.69) is 56.9 Å². The Labute approximate surface area is 118 Å². The predicted octanol–water partition coefficient (Wildman–Crippen LogP) is 3.98. The minimum atomic E-state index is -1.38. The van der Waals surface area contributed by atoms with Gasteiger partial charge < -0.3 is 4.74 Å². The van der Waals surface area contributed by atoms with Crippen molar-refractivity contribution in [3.05, 3.63) is 47.1 Å². The summed E-state index contributed by atoms with van der Waals surface area (Å²) in [5, 5.41) is 1.44. The van der Waals surface area contributed by atoms with Crippen LogP contribution in [0.1, 0.15) is 17.5 Å². The first-order valence-corrected chi connectivity index (χ1v) is 10.4. The molecule has 0 aromatic heterocycles. The van der Waals surface area contributed by atoms with E-state index in [1.165, 1.54) is 21.9 Å². The first-order chi connectivity index (χ1) is 8.91. The Bertz CT molecular complexity index is 533. The molecule has 1 aliphatic rings. The van der Waals surface area contributed by atoms with Gasteiger partial charge in [-0.1, -0.05) is 61.1 Å². The Morgan fingerprint density at radius 3 is 2.47 bits per heavy atom. The molecule has 2 rings (SSSR count). The summed E-state index contributed by atoms with van der Waals surface area (Å²) in [7, 11) is 0.427. The van der Waals surface area contributed by atoms with Gasteiger partial charge in [0.2, 0.25) is 0 Å². The number of aryl methyl sites for hydroxylation is 1. The quantitative estimate of drug-likeness (QED) is 0.753. The lowest BCUT2D eigenvalue weighted by Gasteiger charge is -2.23. The number of ether oxygens (including phenoxy) is 1. The van der Waals surface area contributed by atoms with Crippen molar-refractivity contribution in [2.24, 2.45) is 0 Å². The van der Waals surface area contributed by atoms with Gasteiger partial charge in [-0.05, 0) is 30.5 Å². The summed E-state index contributed by atoms with van der Waals surface area (Å²) < 4.78 is 5.76. The highest BCUT2D eigenvalue weighted by Crippen LogP contribution is 2.26.